The van der Waals surface area contributed by atoms with Gasteiger partial charge in [-0.3, -0.25) is 0 Å². The molecule has 0 fully saturated rings. The van der Waals surface area contributed by atoms with E-state index in [0.717, 1.165) is 22.7 Å². The monoisotopic (exact) mass is 262 g/mol. The molecule has 1 unspecified atom stereocenters. The molecule has 3 heteroatoms. The summed E-state index contributed by atoms with van der Waals surface area (Å²) in [5.74, 6) is 0. The molecule has 2 rings (SSSR count). The quantitative estimate of drug-likeness (QED) is 0.794. The zero-order valence-corrected chi connectivity index (χ0v) is 11.8. The van der Waals surface area contributed by atoms with E-state index in [9.17, 15) is 0 Å². The number of aromatic nitrogens is 1. The SMILES string of the molecule is C/C=C(\C)C(N)c1[nH]c2ccc(Cl)cc2c1CC. The molecule has 1 aromatic heterocycles. The van der Waals surface area contributed by atoms with Gasteiger partial charge >= 0.3 is 0 Å². The maximum atomic E-state index is 6.29. The van der Waals surface area contributed by atoms with Gasteiger partial charge < -0.3 is 10.7 Å². The molecule has 2 nitrogen and oxygen atoms in total. The summed E-state index contributed by atoms with van der Waals surface area (Å²) in [4.78, 5) is 3.43. The Kier molecular flexibility index (Phi) is 3.79. The van der Waals surface area contributed by atoms with Crippen LogP contribution in [0.3, 0.4) is 0 Å². The predicted molar refractivity (Wildman–Crippen MR) is 79.0 cm³/mol. The Labute approximate surface area is 113 Å². The first-order chi connectivity index (χ1) is 8.58. The minimum atomic E-state index is -0.0730. The maximum absolute atomic E-state index is 6.29. The van der Waals surface area contributed by atoms with Crippen molar-refractivity contribution in [2.45, 2.75) is 33.2 Å². The Morgan fingerprint density at radius 2 is 2.22 bits per heavy atom. The number of halogens is 1. The van der Waals surface area contributed by atoms with E-state index >= 15 is 0 Å². The van der Waals surface area contributed by atoms with Gasteiger partial charge in [-0.2, -0.15) is 0 Å². The van der Waals surface area contributed by atoms with E-state index in [0.29, 0.717) is 0 Å². The summed E-state index contributed by atoms with van der Waals surface area (Å²) in [6, 6.07) is 5.85. The van der Waals surface area contributed by atoms with Crippen LogP contribution in [0.5, 0.6) is 0 Å². The Hall–Kier alpha value is -1.25. The summed E-state index contributed by atoms with van der Waals surface area (Å²) in [5.41, 5.74) is 10.9. The van der Waals surface area contributed by atoms with Crippen molar-refractivity contribution in [2.24, 2.45) is 5.73 Å². The molecule has 3 N–H and O–H groups in total. The van der Waals surface area contributed by atoms with E-state index in [4.69, 9.17) is 17.3 Å². The number of fused-ring (bicyclic) bond motifs is 1. The highest BCUT2D eigenvalue weighted by molar-refractivity contribution is 6.31. The van der Waals surface area contributed by atoms with Gasteiger partial charge in [0.15, 0.2) is 0 Å². The third-order valence-electron chi connectivity index (χ3n) is 3.51. The fourth-order valence-corrected chi connectivity index (χ4v) is 2.47. The van der Waals surface area contributed by atoms with E-state index in [1.807, 2.05) is 25.1 Å². The lowest BCUT2D eigenvalue weighted by Crippen LogP contribution is -2.13. The highest BCUT2D eigenvalue weighted by Gasteiger charge is 2.17. The first-order valence-electron chi connectivity index (χ1n) is 6.26. The molecule has 2 aromatic rings. The van der Waals surface area contributed by atoms with Crippen LogP contribution < -0.4 is 5.73 Å². The number of nitrogens with two attached hydrogens (primary N) is 1. The summed E-state index contributed by atoms with van der Waals surface area (Å²) in [6.07, 6.45) is 3.00. The molecule has 0 saturated carbocycles. The van der Waals surface area contributed by atoms with Crippen molar-refractivity contribution in [2.75, 3.05) is 0 Å². The van der Waals surface area contributed by atoms with Crippen molar-refractivity contribution < 1.29 is 0 Å². The predicted octanol–water partition coefficient (Wildman–Crippen LogP) is 4.35. The van der Waals surface area contributed by atoms with E-state index in [-0.39, 0.29) is 6.04 Å². The molecule has 1 aromatic carbocycles. The molecule has 0 aliphatic heterocycles. The lowest BCUT2D eigenvalue weighted by atomic mass is 10.00. The van der Waals surface area contributed by atoms with Gasteiger partial charge in [0, 0.05) is 21.6 Å². The second-order valence-electron chi connectivity index (χ2n) is 4.57. The first-order valence-corrected chi connectivity index (χ1v) is 6.64. The zero-order valence-electron chi connectivity index (χ0n) is 11.0. The van der Waals surface area contributed by atoms with Crippen LogP contribution in [-0.4, -0.2) is 4.98 Å². The largest absolute Gasteiger partial charge is 0.357 e. The summed E-state index contributed by atoms with van der Waals surface area (Å²) in [5, 5.41) is 1.94. The van der Waals surface area contributed by atoms with Crippen LogP contribution in [0.1, 0.15) is 38.1 Å². The minimum Gasteiger partial charge on any atom is -0.357 e. The fraction of sp³-hybridized carbons (Fsp3) is 0.333. The Morgan fingerprint density at radius 3 is 2.83 bits per heavy atom. The van der Waals surface area contributed by atoms with Crippen LogP contribution in [0.15, 0.2) is 29.8 Å². The molecule has 0 spiro atoms. The van der Waals surface area contributed by atoms with Crippen molar-refractivity contribution in [1.82, 2.24) is 4.98 Å². The summed E-state index contributed by atoms with van der Waals surface area (Å²) < 4.78 is 0. The maximum Gasteiger partial charge on any atom is 0.0663 e. The second-order valence-corrected chi connectivity index (χ2v) is 5.01. The second kappa shape index (κ2) is 5.17. The van der Waals surface area contributed by atoms with Gasteiger partial charge in [-0.05, 0) is 44.0 Å². The molecule has 0 bridgehead atoms. The van der Waals surface area contributed by atoms with Crippen LogP contribution in [0.25, 0.3) is 10.9 Å². The summed E-state index contributed by atoms with van der Waals surface area (Å²) in [7, 11) is 0. The Bertz CT molecular complexity index is 596. The number of rotatable bonds is 3. The average Bonchev–Trinajstić information content (AvgIpc) is 2.74. The van der Waals surface area contributed by atoms with Gasteiger partial charge in [0.1, 0.15) is 0 Å². The number of benzene rings is 1. The molecule has 96 valence electrons. The number of allylic oxidation sites excluding steroid dienone is 1. The van der Waals surface area contributed by atoms with Crippen LogP contribution >= 0.6 is 11.6 Å². The normalized spacial score (nSPS) is 14.2. The van der Waals surface area contributed by atoms with Gasteiger partial charge in [0.2, 0.25) is 0 Å². The number of hydrogen-bond donors (Lipinski definition) is 2. The van der Waals surface area contributed by atoms with Crippen molar-refractivity contribution in [1.29, 1.82) is 0 Å². The number of nitrogens with one attached hydrogen (secondary N) is 1. The lowest BCUT2D eigenvalue weighted by molar-refractivity contribution is 0.802. The highest BCUT2D eigenvalue weighted by Crippen LogP contribution is 2.30. The third kappa shape index (κ3) is 2.18. The van der Waals surface area contributed by atoms with Gasteiger partial charge in [-0.1, -0.05) is 30.2 Å². The molecular weight excluding hydrogens is 244 g/mol. The summed E-state index contributed by atoms with van der Waals surface area (Å²) >= 11 is 6.07. The van der Waals surface area contributed by atoms with Crippen LogP contribution in [0.2, 0.25) is 5.02 Å². The smallest absolute Gasteiger partial charge is 0.0663 e. The molecule has 0 aliphatic rings. The molecule has 0 saturated heterocycles. The standard InChI is InChI=1S/C15H19ClN2/c1-4-9(3)14(17)15-11(5-2)12-8-10(16)6-7-13(12)18-15/h4,6-8,14,18H,5,17H2,1-3H3/b9-4+. The number of H-pyrrole nitrogens is 1. The van der Waals surface area contributed by atoms with Crippen molar-refractivity contribution in [3.8, 4) is 0 Å². The molecule has 1 atom stereocenters. The number of aryl methyl sites for hydroxylation is 1. The molecular formula is C15H19ClN2. The van der Waals surface area contributed by atoms with Gasteiger partial charge in [-0.15, -0.1) is 0 Å². The van der Waals surface area contributed by atoms with Crippen LogP contribution in [-0.2, 0) is 6.42 Å². The van der Waals surface area contributed by atoms with Crippen molar-refractivity contribution >= 4 is 22.5 Å². The molecule has 1 heterocycles. The van der Waals surface area contributed by atoms with Crippen LogP contribution in [0, 0.1) is 0 Å². The van der Waals surface area contributed by atoms with Gasteiger partial charge in [0.05, 0.1) is 6.04 Å². The van der Waals surface area contributed by atoms with Crippen molar-refractivity contribution in [3.63, 3.8) is 0 Å². The molecule has 0 radical (unpaired) electrons. The van der Waals surface area contributed by atoms with E-state index in [1.54, 1.807) is 0 Å². The highest BCUT2D eigenvalue weighted by atomic mass is 35.5. The van der Waals surface area contributed by atoms with E-state index < -0.39 is 0 Å². The molecule has 0 amide bonds. The van der Waals surface area contributed by atoms with Gasteiger partial charge in [-0.25, -0.2) is 0 Å². The summed E-state index contributed by atoms with van der Waals surface area (Å²) in [6.45, 7) is 6.22. The minimum absolute atomic E-state index is 0.0730. The van der Waals surface area contributed by atoms with E-state index in [2.05, 4.69) is 24.9 Å². The van der Waals surface area contributed by atoms with Crippen molar-refractivity contribution in [3.05, 3.63) is 46.1 Å². The topological polar surface area (TPSA) is 41.8 Å². The van der Waals surface area contributed by atoms with Crippen LogP contribution in [0.4, 0.5) is 0 Å². The fourth-order valence-electron chi connectivity index (χ4n) is 2.29. The Balaban J connectivity index is 2.64. The lowest BCUT2D eigenvalue weighted by Gasteiger charge is -2.12. The Morgan fingerprint density at radius 1 is 1.50 bits per heavy atom. The molecule has 18 heavy (non-hydrogen) atoms. The average molecular weight is 263 g/mol. The zero-order chi connectivity index (χ0) is 13.3. The molecule has 0 aliphatic carbocycles. The third-order valence-corrected chi connectivity index (χ3v) is 3.75. The number of hydrogen-bond acceptors (Lipinski definition) is 1. The van der Waals surface area contributed by atoms with Gasteiger partial charge in [0.25, 0.3) is 0 Å². The van der Waals surface area contributed by atoms with E-state index in [1.165, 1.54) is 16.5 Å². The first kappa shape index (κ1) is 13.2. The number of aromatic amines is 1.